The molecule has 2 aromatic heterocycles. The Morgan fingerprint density at radius 2 is 1.94 bits per heavy atom. The normalized spacial score (nSPS) is 10.2. The number of hydrogen-bond acceptors (Lipinski definition) is 3. The van der Waals surface area contributed by atoms with Crippen LogP contribution in [0.1, 0.15) is 5.56 Å². The number of aryl methyl sites for hydroxylation is 1. The van der Waals surface area contributed by atoms with Crippen LogP contribution >= 0.6 is 31.9 Å². The van der Waals surface area contributed by atoms with E-state index in [2.05, 4.69) is 47.1 Å². The predicted octanol–water partition coefficient (Wildman–Crippen LogP) is 4.05. The molecule has 0 aromatic carbocycles. The summed E-state index contributed by atoms with van der Waals surface area (Å²) >= 11 is 6.81. The Kier molecular flexibility index (Phi) is 3.56. The summed E-state index contributed by atoms with van der Waals surface area (Å²) < 4.78 is 1.84. The predicted molar refractivity (Wildman–Crippen MR) is 71.9 cm³/mol. The number of rotatable bonds is 2. The third-order valence-corrected chi connectivity index (χ3v) is 2.98. The Morgan fingerprint density at radius 1 is 1.12 bits per heavy atom. The summed E-state index contributed by atoms with van der Waals surface area (Å²) in [6.45, 7) is 2.00. The Hall–Kier alpha value is -0.940. The van der Waals surface area contributed by atoms with Gasteiger partial charge in [0.2, 0.25) is 0 Å². The van der Waals surface area contributed by atoms with Gasteiger partial charge in [0.15, 0.2) is 0 Å². The lowest BCUT2D eigenvalue weighted by molar-refractivity contribution is 1.23. The van der Waals surface area contributed by atoms with Crippen molar-refractivity contribution in [2.45, 2.75) is 6.92 Å². The first-order valence-electron chi connectivity index (χ1n) is 4.65. The molecule has 0 aliphatic rings. The Balaban J connectivity index is 2.27. The molecular weight excluding hydrogens is 334 g/mol. The molecule has 0 fully saturated rings. The average molecular weight is 343 g/mol. The summed E-state index contributed by atoms with van der Waals surface area (Å²) in [7, 11) is 0. The molecule has 0 saturated carbocycles. The second kappa shape index (κ2) is 4.93. The summed E-state index contributed by atoms with van der Waals surface area (Å²) in [5.74, 6) is 0.774. The van der Waals surface area contributed by atoms with Gasteiger partial charge in [-0.15, -0.1) is 0 Å². The highest BCUT2D eigenvalue weighted by molar-refractivity contribution is 9.11. The monoisotopic (exact) mass is 341 g/mol. The molecule has 0 saturated heterocycles. The molecule has 16 heavy (non-hydrogen) atoms. The number of halogens is 2. The number of nitrogens with zero attached hydrogens (tertiary/aromatic N) is 2. The number of hydrogen-bond donors (Lipinski definition) is 1. The first kappa shape index (κ1) is 11.5. The van der Waals surface area contributed by atoms with Gasteiger partial charge in [-0.05, 0) is 56.5 Å². The minimum absolute atomic E-state index is 0.774. The van der Waals surface area contributed by atoms with Crippen LogP contribution in [-0.2, 0) is 0 Å². The molecule has 0 aliphatic heterocycles. The second-order valence-electron chi connectivity index (χ2n) is 3.36. The lowest BCUT2D eigenvalue weighted by atomic mass is 10.3. The standard InChI is InChI=1S/C11H9Br2N3/c1-7-2-9(6-14-4-7)16-11-10(13)3-8(12)5-15-11/h2-6H,1H3,(H,15,16). The molecule has 1 N–H and O–H groups in total. The van der Waals surface area contributed by atoms with Gasteiger partial charge in [-0.2, -0.15) is 0 Å². The van der Waals surface area contributed by atoms with E-state index in [1.165, 1.54) is 0 Å². The van der Waals surface area contributed by atoms with Crippen molar-refractivity contribution in [1.82, 2.24) is 9.97 Å². The van der Waals surface area contributed by atoms with Gasteiger partial charge in [-0.1, -0.05) is 0 Å². The Bertz CT molecular complexity index is 514. The van der Waals surface area contributed by atoms with E-state index in [-0.39, 0.29) is 0 Å². The van der Waals surface area contributed by atoms with E-state index in [9.17, 15) is 0 Å². The molecular formula is C11H9Br2N3. The minimum Gasteiger partial charge on any atom is -0.338 e. The van der Waals surface area contributed by atoms with Crippen LogP contribution in [0.25, 0.3) is 0 Å². The van der Waals surface area contributed by atoms with Gasteiger partial charge in [0.05, 0.1) is 16.4 Å². The van der Waals surface area contributed by atoms with Gasteiger partial charge in [-0.3, -0.25) is 4.98 Å². The van der Waals surface area contributed by atoms with Crippen LogP contribution in [0.4, 0.5) is 11.5 Å². The lowest BCUT2D eigenvalue weighted by Crippen LogP contribution is -1.95. The highest BCUT2D eigenvalue weighted by atomic mass is 79.9. The van der Waals surface area contributed by atoms with Crippen molar-refractivity contribution >= 4 is 43.4 Å². The summed E-state index contributed by atoms with van der Waals surface area (Å²) in [5.41, 5.74) is 2.04. The van der Waals surface area contributed by atoms with E-state index in [0.717, 1.165) is 26.0 Å². The molecule has 0 atom stereocenters. The summed E-state index contributed by atoms with van der Waals surface area (Å²) in [6, 6.07) is 3.96. The fraction of sp³-hybridized carbons (Fsp3) is 0.0909. The Labute approximate surface area is 111 Å². The van der Waals surface area contributed by atoms with Crippen LogP contribution in [-0.4, -0.2) is 9.97 Å². The number of aromatic nitrogens is 2. The maximum Gasteiger partial charge on any atom is 0.144 e. The van der Waals surface area contributed by atoms with E-state index in [4.69, 9.17) is 0 Å². The molecule has 2 rings (SSSR count). The van der Waals surface area contributed by atoms with E-state index < -0.39 is 0 Å². The van der Waals surface area contributed by atoms with Crippen molar-refractivity contribution in [1.29, 1.82) is 0 Å². The first-order valence-corrected chi connectivity index (χ1v) is 6.23. The molecule has 0 spiro atoms. The molecule has 0 amide bonds. The quantitative estimate of drug-likeness (QED) is 0.894. The zero-order chi connectivity index (χ0) is 11.5. The van der Waals surface area contributed by atoms with E-state index in [1.54, 1.807) is 12.4 Å². The van der Waals surface area contributed by atoms with Crippen molar-refractivity contribution in [2.24, 2.45) is 0 Å². The van der Waals surface area contributed by atoms with E-state index in [1.807, 2.05) is 25.3 Å². The molecule has 0 radical (unpaired) electrons. The van der Waals surface area contributed by atoms with Crippen molar-refractivity contribution < 1.29 is 0 Å². The number of nitrogens with one attached hydrogen (secondary N) is 1. The van der Waals surface area contributed by atoms with Gasteiger partial charge >= 0.3 is 0 Å². The minimum atomic E-state index is 0.774. The maximum atomic E-state index is 4.27. The average Bonchev–Trinajstić information content (AvgIpc) is 2.22. The van der Waals surface area contributed by atoms with Gasteiger partial charge in [-0.25, -0.2) is 4.98 Å². The number of anilines is 2. The van der Waals surface area contributed by atoms with E-state index >= 15 is 0 Å². The molecule has 5 heteroatoms. The molecule has 0 bridgehead atoms. The largest absolute Gasteiger partial charge is 0.338 e. The van der Waals surface area contributed by atoms with Crippen LogP contribution in [0.2, 0.25) is 0 Å². The third-order valence-electron chi connectivity index (χ3n) is 1.95. The van der Waals surface area contributed by atoms with Crippen molar-refractivity contribution in [3.63, 3.8) is 0 Å². The second-order valence-corrected chi connectivity index (χ2v) is 5.13. The molecule has 0 unspecified atom stereocenters. The number of pyridine rings is 2. The molecule has 82 valence electrons. The van der Waals surface area contributed by atoms with Gasteiger partial charge in [0.1, 0.15) is 5.82 Å². The van der Waals surface area contributed by atoms with Crippen molar-refractivity contribution in [3.8, 4) is 0 Å². The van der Waals surface area contributed by atoms with Crippen molar-refractivity contribution in [3.05, 3.63) is 45.2 Å². The third kappa shape index (κ3) is 2.80. The zero-order valence-corrected chi connectivity index (χ0v) is 11.7. The summed E-state index contributed by atoms with van der Waals surface area (Å²) in [5, 5.41) is 3.20. The fourth-order valence-corrected chi connectivity index (χ4v) is 2.35. The highest BCUT2D eigenvalue weighted by Crippen LogP contribution is 2.26. The SMILES string of the molecule is Cc1cncc(Nc2ncc(Br)cc2Br)c1. The van der Waals surface area contributed by atoms with Gasteiger partial charge in [0.25, 0.3) is 0 Å². The van der Waals surface area contributed by atoms with Crippen LogP contribution in [0.5, 0.6) is 0 Å². The smallest absolute Gasteiger partial charge is 0.144 e. The van der Waals surface area contributed by atoms with Gasteiger partial charge in [0, 0.05) is 16.9 Å². The molecule has 3 nitrogen and oxygen atoms in total. The first-order chi connectivity index (χ1) is 7.65. The van der Waals surface area contributed by atoms with Crippen LogP contribution in [0, 0.1) is 6.92 Å². The molecule has 2 heterocycles. The highest BCUT2D eigenvalue weighted by Gasteiger charge is 2.02. The summed E-state index contributed by atoms with van der Waals surface area (Å²) in [6.07, 6.45) is 5.33. The zero-order valence-electron chi connectivity index (χ0n) is 8.54. The van der Waals surface area contributed by atoms with Crippen LogP contribution in [0.15, 0.2) is 39.7 Å². The van der Waals surface area contributed by atoms with Crippen LogP contribution in [0.3, 0.4) is 0 Å². The molecule has 0 aliphatic carbocycles. The van der Waals surface area contributed by atoms with Crippen LogP contribution < -0.4 is 5.32 Å². The fourth-order valence-electron chi connectivity index (χ4n) is 1.27. The summed E-state index contributed by atoms with van der Waals surface area (Å²) in [4.78, 5) is 8.38. The lowest BCUT2D eigenvalue weighted by Gasteiger charge is -2.07. The van der Waals surface area contributed by atoms with E-state index in [0.29, 0.717) is 0 Å². The van der Waals surface area contributed by atoms with Crippen molar-refractivity contribution in [2.75, 3.05) is 5.32 Å². The maximum absolute atomic E-state index is 4.27. The van der Waals surface area contributed by atoms with Gasteiger partial charge < -0.3 is 5.32 Å². The molecule has 2 aromatic rings. The Morgan fingerprint density at radius 3 is 2.62 bits per heavy atom. The topological polar surface area (TPSA) is 37.8 Å².